The molecule has 1 fully saturated rings. The number of aromatic nitrogens is 2. The molecule has 1 aromatic heterocycles. The van der Waals surface area contributed by atoms with Crippen molar-refractivity contribution in [3.8, 4) is 0 Å². The van der Waals surface area contributed by atoms with Crippen molar-refractivity contribution >= 4 is 5.95 Å². The third-order valence-electron chi connectivity index (χ3n) is 3.17. The molecule has 1 saturated heterocycles. The minimum absolute atomic E-state index is 0.385. The number of likely N-dealkylation sites (N-methyl/N-ethyl adjacent to an activating group) is 1. The summed E-state index contributed by atoms with van der Waals surface area (Å²) in [6, 6.07) is 0. The summed E-state index contributed by atoms with van der Waals surface area (Å²) in [6.45, 7) is 6.74. The van der Waals surface area contributed by atoms with Gasteiger partial charge < -0.3 is 20.1 Å². The molecule has 0 radical (unpaired) electrons. The van der Waals surface area contributed by atoms with Crippen molar-refractivity contribution in [3.05, 3.63) is 5.89 Å². The van der Waals surface area contributed by atoms with Gasteiger partial charge in [0.1, 0.15) is 0 Å². The Kier molecular flexibility index (Phi) is 3.96. The lowest BCUT2D eigenvalue weighted by Crippen LogP contribution is -2.44. The first-order chi connectivity index (χ1) is 8.19. The van der Waals surface area contributed by atoms with Gasteiger partial charge in [-0.2, -0.15) is 4.98 Å². The predicted octanol–water partition coefficient (Wildman–Crippen LogP) is -0.0413. The maximum absolute atomic E-state index is 5.58. The van der Waals surface area contributed by atoms with Crippen LogP contribution in [-0.4, -0.2) is 54.8 Å². The van der Waals surface area contributed by atoms with E-state index in [2.05, 4.69) is 33.9 Å². The first-order valence-corrected chi connectivity index (χ1v) is 6.15. The van der Waals surface area contributed by atoms with Gasteiger partial charge in [0.25, 0.3) is 5.95 Å². The number of nitrogens with zero attached hydrogens (tertiary/aromatic N) is 4. The van der Waals surface area contributed by atoms with E-state index in [1.807, 2.05) is 0 Å². The van der Waals surface area contributed by atoms with Crippen LogP contribution in [0.25, 0.3) is 0 Å². The zero-order valence-corrected chi connectivity index (χ0v) is 10.6. The highest BCUT2D eigenvalue weighted by atomic mass is 16.5. The topological polar surface area (TPSA) is 71.4 Å². The van der Waals surface area contributed by atoms with E-state index < -0.39 is 0 Å². The van der Waals surface area contributed by atoms with Gasteiger partial charge in [-0.1, -0.05) is 6.92 Å². The Bertz CT molecular complexity index is 345. The van der Waals surface area contributed by atoms with E-state index in [1.165, 1.54) is 0 Å². The second-order valence-electron chi connectivity index (χ2n) is 4.82. The number of hydrogen-bond acceptors (Lipinski definition) is 6. The van der Waals surface area contributed by atoms with Crippen molar-refractivity contribution in [2.45, 2.75) is 13.3 Å². The number of anilines is 1. The fourth-order valence-corrected chi connectivity index (χ4v) is 1.85. The summed E-state index contributed by atoms with van der Waals surface area (Å²) in [7, 11) is 2.13. The molecular formula is C11H21N5O. The summed E-state index contributed by atoms with van der Waals surface area (Å²) in [5, 5.41) is 4.03. The normalized spacial score (nSPS) is 19.6. The molecule has 1 unspecified atom stereocenters. The van der Waals surface area contributed by atoms with Crippen molar-refractivity contribution < 1.29 is 4.52 Å². The molecule has 0 spiro atoms. The Balaban J connectivity index is 1.93. The molecule has 1 aliphatic rings. The number of hydrogen-bond donors (Lipinski definition) is 1. The van der Waals surface area contributed by atoms with Gasteiger partial charge in [0, 0.05) is 32.6 Å². The van der Waals surface area contributed by atoms with Crippen LogP contribution < -0.4 is 10.6 Å². The smallest absolute Gasteiger partial charge is 0.266 e. The average molecular weight is 239 g/mol. The second kappa shape index (κ2) is 5.46. The molecule has 0 bridgehead atoms. The summed E-state index contributed by atoms with van der Waals surface area (Å²) in [6.07, 6.45) is 0.761. The van der Waals surface area contributed by atoms with Crippen molar-refractivity contribution in [1.29, 1.82) is 0 Å². The minimum atomic E-state index is 0.385. The Morgan fingerprint density at radius 2 is 2.06 bits per heavy atom. The zero-order valence-electron chi connectivity index (χ0n) is 10.6. The SMILES string of the molecule is CC(CN)Cc1nc(N2CCN(C)CC2)no1. The van der Waals surface area contributed by atoms with Crippen LogP contribution in [0.3, 0.4) is 0 Å². The summed E-state index contributed by atoms with van der Waals surface area (Å²) < 4.78 is 5.25. The van der Waals surface area contributed by atoms with Gasteiger partial charge in [-0.3, -0.25) is 0 Å². The Morgan fingerprint density at radius 1 is 1.35 bits per heavy atom. The molecule has 0 saturated carbocycles. The maximum Gasteiger partial charge on any atom is 0.266 e. The third-order valence-corrected chi connectivity index (χ3v) is 3.17. The summed E-state index contributed by atoms with van der Waals surface area (Å²) in [5.41, 5.74) is 5.58. The van der Waals surface area contributed by atoms with E-state index in [0.717, 1.165) is 38.5 Å². The Labute approximate surface area is 102 Å². The molecule has 1 atom stereocenters. The predicted molar refractivity (Wildman–Crippen MR) is 65.9 cm³/mol. The average Bonchev–Trinajstić information content (AvgIpc) is 2.78. The molecule has 96 valence electrons. The van der Waals surface area contributed by atoms with Crippen LogP contribution in [-0.2, 0) is 6.42 Å². The molecule has 17 heavy (non-hydrogen) atoms. The number of piperazine rings is 1. The van der Waals surface area contributed by atoms with Crippen LogP contribution in [0.5, 0.6) is 0 Å². The maximum atomic E-state index is 5.58. The number of rotatable bonds is 4. The highest BCUT2D eigenvalue weighted by molar-refractivity contribution is 5.28. The molecule has 0 amide bonds. The van der Waals surface area contributed by atoms with Crippen LogP contribution in [0.2, 0.25) is 0 Å². The van der Waals surface area contributed by atoms with E-state index in [0.29, 0.717) is 18.4 Å². The summed E-state index contributed by atoms with van der Waals surface area (Å²) in [5.74, 6) is 1.80. The number of nitrogens with two attached hydrogens (primary N) is 1. The van der Waals surface area contributed by atoms with Gasteiger partial charge in [-0.25, -0.2) is 0 Å². The molecule has 2 N–H and O–H groups in total. The molecule has 2 heterocycles. The first-order valence-electron chi connectivity index (χ1n) is 6.15. The molecular weight excluding hydrogens is 218 g/mol. The van der Waals surface area contributed by atoms with Crippen LogP contribution in [0, 0.1) is 5.92 Å². The van der Waals surface area contributed by atoms with Crippen LogP contribution in [0.15, 0.2) is 4.52 Å². The van der Waals surface area contributed by atoms with Gasteiger partial charge in [0.05, 0.1) is 0 Å². The zero-order chi connectivity index (χ0) is 12.3. The fraction of sp³-hybridized carbons (Fsp3) is 0.818. The molecule has 1 aliphatic heterocycles. The van der Waals surface area contributed by atoms with Gasteiger partial charge >= 0.3 is 0 Å². The molecule has 6 heteroatoms. The van der Waals surface area contributed by atoms with Crippen LogP contribution in [0.4, 0.5) is 5.95 Å². The van der Waals surface area contributed by atoms with E-state index in [1.54, 1.807) is 0 Å². The van der Waals surface area contributed by atoms with Crippen LogP contribution in [0.1, 0.15) is 12.8 Å². The molecule has 2 rings (SSSR count). The van der Waals surface area contributed by atoms with E-state index >= 15 is 0 Å². The largest absolute Gasteiger partial charge is 0.337 e. The van der Waals surface area contributed by atoms with Crippen molar-refractivity contribution in [3.63, 3.8) is 0 Å². The molecule has 6 nitrogen and oxygen atoms in total. The van der Waals surface area contributed by atoms with Gasteiger partial charge in [0.2, 0.25) is 5.89 Å². The molecule has 1 aromatic rings. The minimum Gasteiger partial charge on any atom is -0.337 e. The van der Waals surface area contributed by atoms with E-state index in [-0.39, 0.29) is 0 Å². The molecule has 0 aliphatic carbocycles. The highest BCUT2D eigenvalue weighted by Crippen LogP contribution is 2.13. The van der Waals surface area contributed by atoms with Crippen molar-refractivity contribution in [2.75, 3.05) is 44.7 Å². The van der Waals surface area contributed by atoms with E-state index in [9.17, 15) is 0 Å². The second-order valence-corrected chi connectivity index (χ2v) is 4.82. The quantitative estimate of drug-likeness (QED) is 0.795. The van der Waals surface area contributed by atoms with Crippen molar-refractivity contribution in [2.24, 2.45) is 11.7 Å². The third kappa shape index (κ3) is 3.17. The van der Waals surface area contributed by atoms with Gasteiger partial charge in [-0.15, -0.1) is 0 Å². The monoisotopic (exact) mass is 239 g/mol. The van der Waals surface area contributed by atoms with Crippen molar-refractivity contribution in [1.82, 2.24) is 15.0 Å². The Hall–Kier alpha value is -1.14. The fourth-order valence-electron chi connectivity index (χ4n) is 1.85. The Morgan fingerprint density at radius 3 is 2.71 bits per heavy atom. The lowest BCUT2D eigenvalue weighted by atomic mass is 10.1. The summed E-state index contributed by atoms with van der Waals surface area (Å²) >= 11 is 0. The van der Waals surface area contributed by atoms with Gasteiger partial charge in [-0.05, 0) is 24.7 Å². The lowest BCUT2D eigenvalue weighted by molar-refractivity contribution is 0.308. The highest BCUT2D eigenvalue weighted by Gasteiger charge is 2.19. The summed E-state index contributed by atoms with van der Waals surface area (Å²) in [4.78, 5) is 8.89. The van der Waals surface area contributed by atoms with Crippen LogP contribution >= 0.6 is 0 Å². The lowest BCUT2D eigenvalue weighted by Gasteiger charge is -2.31. The standard InChI is InChI=1S/C11H21N5O/c1-9(8-12)7-10-13-11(14-17-10)16-5-3-15(2)4-6-16/h9H,3-8,12H2,1-2H3. The van der Waals surface area contributed by atoms with E-state index in [4.69, 9.17) is 10.3 Å². The first kappa shape index (κ1) is 12.3. The molecule has 0 aromatic carbocycles. The van der Waals surface area contributed by atoms with Gasteiger partial charge in [0.15, 0.2) is 0 Å².